The van der Waals surface area contributed by atoms with Crippen LogP contribution in [-0.4, -0.2) is 0 Å². The summed E-state index contributed by atoms with van der Waals surface area (Å²) < 4.78 is 0. The largest absolute Gasteiger partial charge is 0.100 e. The van der Waals surface area contributed by atoms with E-state index in [4.69, 9.17) is 0 Å². The molecule has 0 heteroatoms. The van der Waals surface area contributed by atoms with Crippen molar-refractivity contribution in [3.05, 3.63) is 24.3 Å². The van der Waals surface area contributed by atoms with Crippen LogP contribution >= 0.6 is 0 Å². The van der Waals surface area contributed by atoms with E-state index >= 15 is 0 Å². The van der Waals surface area contributed by atoms with E-state index in [2.05, 4.69) is 32.6 Å². The molecule has 0 spiro atoms. The second-order valence-corrected chi connectivity index (χ2v) is 5.58. The molecule has 0 aromatic heterocycles. The summed E-state index contributed by atoms with van der Waals surface area (Å²) in [6, 6.07) is 0. The normalized spacial score (nSPS) is 11.2. The van der Waals surface area contributed by atoms with Crippen molar-refractivity contribution in [2.24, 2.45) is 0 Å². The number of hydrogen-bond donors (Lipinski definition) is 0. The van der Waals surface area contributed by atoms with Gasteiger partial charge in [-0.3, -0.25) is 0 Å². The lowest BCUT2D eigenvalue weighted by atomic mass is 10.1. The van der Waals surface area contributed by atoms with Gasteiger partial charge in [0.15, 0.2) is 0 Å². The fourth-order valence-electron chi connectivity index (χ4n) is 2.13. The Morgan fingerprint density at radius 1 is 0.778 bits per heavy atom. The molecule has 0 radical (unpaired) electrons. The molecule has 0 aliphatic rings. The van der Waals surface area contributed by atoms with Crippen LogP contribution in [0.1, 0.15) is 90.9 Å². The third-order valence-electron chi connectivity index (χ3n) is 3.37. The molecule has 0 aliphatic carbocycles. The Balaban J connectivity index is 3.03. The third kappa shape index (κ3) is 15.5. The van der Waals surface area contributed by atoms with Gasteiger partial charge in [0.1, 0.15) is 0 Å². The van der Waals surface area contributed by atoms with Gasteiger partial charge in [-0.15, -0.1) is 6.58 Å². The Morgan fingerprint density at radius 3 is 1.83 bits per heavy atom. The van der Waals surface area contributed by atoms with Crippen molar-refractivity contribution in [3.63, 3.8) is 0 Å². The zero-order valence-electron chi connectivity index (χ0n) is 12.8. The number of unbranched alkanes of at least 4 members (excludes halogenated alkanes) is 9. The minimum atomic E-state index is 1.22. The first-order valence-electron chi connectivity index (χ1n) is 8.06. The minimum Gasteiger partial charge on any atom is -0.100 e. The standard InChI is InChI=1S/C18H34/c1-4-5-6-7-8-9-10-11-12-13-14-15-16-17-18(2)3/h7-8H,2,4-6,9-17H2,1,3H3/b8-7-. The first kappa shape index (κ1) is 17.5. The van der Waals surface area contributed by atoms with Crippen LogP contribution < -0.4 is 0 Å². The van der Waals surface area contributed by atoms with Gasteiger partial charge >= 0.3 is 0 Å². The fraction of sp³-hybridized carbons (Fsp3) is 0.778. The third-order valence-corrected chi connectivity index (χ3v) is 3.37. The Labute approximate surface area is 116 Å². The first-order chi connectivity index (χ1) is 8.77. The summed E-state index contributed by atoms with van der Waals surface area (Å²) in [6.07, 6.45) is 21.0. The maximum absolute atomic E-state index is 3.94. The maximum Gasteiger partial charge on any atom is -0.0326 e. The molecule has 0 aromatic carbocycles. The number of hydrogen-bond acceptors (Lipinski definition) is 0. The van der Waals surface area contributed by atoms with Crippen molar-refractivity contribution >= 4 is 0 Å². The lowest BCUT2D eigenvalue weighted by Crippen LogP contribution is -1.81. The van der Waals surface area contributed by atoms with Gasteiger partial charge in [-0.1, -0.05) is 69.6 Å². The van der Waals surface area contributed by atoms with E-state index in [1.807, 2.05) is 0 Å². The summed E-state index contributed by atoms with van der Waals surface area (Å²) in [6.45, 7) is 8.33. The van der Waals surface area contributed by atoms with Crippen LogP contribution in [0.25, 0.3) is 0 Å². The molecule has 0 heterocycles. The van der Waals surface area contributed by atoms with E-state index in [-0.39, 0.29) is 0 Å². The predicted octanol–water partition coefficient (Wildman–Crippen LogP) is 6.82. The molecule has 0 bridgehead atoms. The van der Waals surface area contributed by atoms with Crippen LogP contribution in [0.3, 0.4) is 0 Å². The number of allylic oxidation sites excluding steroid dienone is 3. The van der Waals surface area contributed by atoms with Gasteiger partial charge in [-0.05, 0) is 39.0 Å². The molecule has 0 atom stereocenters. The van der Waals surface area contributed by atoms with Crippen molar-refractivity contribution in [2.75, 3.05) is 0 Å². The molecule has 106 valence electrons. The van der Waals surface area contributed by atoms with Crippen molar-refractivity contribution in [3.8, 4) is 0 Å². The molecule has 0 saturated carbocycles. The lowest BCUT2D eigenvalue weighted by molar-refractivity contribution is 0.580. The molecule has 0 aromatic rings. The summed E-state index contributed by atoms with van der Waals surface area (Å²) >= 11 is 0. The van der Waals surface area contributed by atoms with Crippen LogP contribution in [0.5, 0.6) is 0 Å². The van der Waals surface area contributed by atoms with Crippen molar-refractivity contribution in [2.45, 2.75) is 90.9 Å². The SMILES string of the molecule is C=C(C)CCCCCCCCC/C=C\CCCC. The van der Waals surface area contributed by atoms with Crippen molar-refractivity contribution in [1.82, 2.24) is 0 Å². The Hall–Kier alpha value is -0.520. The van der Waals surface area contributed by atoms with Gasteiger partial charge in [0.05, 0.1) is 0 Å². The quantitative estimate of drug-likeness (QED) is 0.248. The van der Waals surface area contributed by atoms with Crippen LogP contribution in [-0.2, 0) is 0 Å². The fourth-order valence-corrected chi connectivity index (χ4v) is 2.13. The second-order valence-electron chi connectivity index (χ2n) is 5.58. The van der Waals surface area contributed by atoms with Gasteiger partial charge in [-0.25, -0.2) is 0 Å². The molecule has 0 unspecified atom stereocenters. The Kier molecular flexibility index (Phi) is 14.1. The summed E-state index contributed by atoms with van der Waals surface area (Å²) in [5.41, 5.74) is 1.34. The lowest BCUT2D eigenvalue weighted by Gasteiger charge is -2.01. The summed E-state index contributed by atoms with van der Waals surface area (Å²) in [4.78, 5) is 0. The van der Waals surface area contributed by atoms with Gasteiger partial charge in [-0.2, -0.15) is 0 Å². The van der Waals surface area contributed by atoms with Crippen LogP contribution in [0, 0.1) is 0 Å². The molecule has 18 heavy (non-hydrogen) atoms. The topological polar surface area (TPSA) is 0 Å². The van der Waals surface area contributed by atoms with Gasteiger partial charge < -0.3 is 0 Å². The maximum atomic E-state index is 3.94. The van der Waals surface area contributed by atoms with Crippen LogP contribution in [0.4, 0.5) is 0 Å². The van der Waals surface area contributed by atoms with E-state index in [0.717, 1.165) is 0 Å². The zero-order chi connectivity index (χ0) is 13.5. The van der Waals surface area contributed by atoms with E-state index in [1.54, 1.807) is 0 Å². The molecule has 0 N–H and O–H groups in total. The molecule has 0 rings (SSSR count). The van der Waals surface area contributed by atoms with Crippen molar-refractivity contribution in [1.29, 1.82) is 0 Å². The second kappa shape index (κ2) is 14.5. The summed E-state index contributed by atoms with van der Waals surface area (Å²) in [5.74, 6) is 0. The van der Waals surface area contributed by atoms with E-state index in [0.29, 0.717) is 0 Å². The molecular weight excluding hydrogens is 216 g/mol. The molecule has 0 aliphatic heterocycles. The summed E-state index contributed by atoms with van der Waals surface area (Å²) in [7, 11) is 0. The van der Waals surface area contributed by atoms with Gasteiger partial charge in [0.25, 0.3) is 0 Å². The van der Waals surface area contributed by atoms with E-state index < -0.39 is 0 Å². The Bertz CT molecular complexity index is 200. The first-order valence-corrected chi connectivity index (χ1v) is 8.06. The predicted molar refractivity (Wildman–Crippen MR) is 85.0 cm³/mol. The average Bonchev–Trinajstić information content (AvgIpc) is 2.34. The molecular formula is C18H34. The molecule has 0 amide bonds. The molecule has 0 nitrogen and oxygen atoms in total. The highest BCUT2D eigenvalue weighted by Gasteiger charge is 1.92. The highest BCUT2D eigenvalue weighted by Crippen LogP contribution is 2.11. The molecule has 0 saturated heterocycles. The van der Waals surface area contributed by atoms with Crippen LogP contribution in [0.15, 0.2) is 24.3 Å². The average molecular weight is 250 g/mol. The monoisotopic (exact) mass is 250 g/mol. The number of rotatable bonds is 13. The van der Waals surface area contributed by atoms with E-state index in [1.165, 1.54) is 82.6 Å². The van der Waals surface area contributed by atoms with Gasteiger partial charge in [0.2, 0.25) is 0 Å². The smallest absolute Gasteiger partial charge is 0.0326 e. The van der Waals surface area contributed by atoms with Gasteiger partial charge in [0, 0.05) is 0 Å². The van der Waals surface area contributed by atoms with Crippen molar-refractivity contribution < 1.29 is 0 Å². The summed E-state index contributed by atoms with van der Waals surface area (Å²) in [5, 5.41) is 0. The van der Waals surface area contributed by atoms with Crippen LogP contribution in [0.2, 0.25) is 0 Å². The van der Waals surface area contributed by atoms with E-state index in [9.17, 15) is 0 Å². The highest BCUT2D eigenvalue weighted by molar-refractivity contribution is 4.87. The highest BCUT2D eigenvalue weighted by atomic mass is 14.0. The zero-order valence-corrected chi connectivity index (χ0v) is 12.8. The Morgan fingerprint density at radius 2 is 1.28 bits per heavy atom. The molecule has 0 fully saturated rings. The minimum absolute atomic E-state index is 1.22.